The predicted molar refractivity (Wildman–Crippen MR) is 140 cm³/mol. The summed E-state index contributed by atoms with van der Waals surface area (Å²) in [6, 6.07) is 7.69. The molecule has 3 aromatic rings. The minimum atomic E-state index is -4.76. The Morgan fingerprint density at radius 2 is 1.90 bits per heavy atom. The van der Waals surface area contributed by atoms with E-state index in [1.54, 1.807) is 17.8 Å². The number of aromatic nitrogens is 2. The Balaban J connectivity index is 1.46. The first-order valence-electron chi connectivity index (χ1n) is 13.2. The average Bonchev–Trinajstić information content (AvgIpc) is 3.50. The van der Waals surface area contributed by atoms with Crippen LogP contribution in [0.25, 0.3) is 11.0 Å². The Morgan fingerprint density at radius 1 is 1.15 bits per heavy atom. The molecule has 1 aliphatic heterocycles. The maximum atomic E-state index is 14.6. The van der Waals surface area contributed by atoms with Crippen LogP contribution in [0.4, 0.5) is 18.9 Å². The van der Waals surface area contributed by atoms with Gasteiger partial charge in [-0.05, 0) is 61.3 Å². The van der Waals surface area contributed by atoms with Gasteiger partial charge in [-0.15, -0.1) is 0 Å². The highest BCUT2D eigenvalue weighted by Crippen LogP contribution is 2.44. The Bertz CT molecular complexity index is 1460. The van der Waals surface area contributed by atoms with Crippen LogP contribution in [0.15, 0.2) is 36.7 Å². The van der Waals surface area contributed by atoms with Gasteiger partial charge in [-0.2, -0.15) is 18.4 Å². The molecule has 0 radical (unpaired) electrons. The Labute approximate surface area is 224 Å². The van der Waals surface area contributed by atoms with Crippen molar-refractivity contribution in [3.63, 3.8) is 0 Å². The van der Waals surface area contributed by atoms with E-state index >= 15 is 0 Å². The number of alkyl halides is 3. The fourth-order valence-corrected chi connectivity index (χ4v) is 6.16. The third kappa shape index (κ3) is 5.10. The van der Waals surface area contributed by atoms with Crippen molar-refractivity contribution in [3.8, 4) is 6.07 Å². The molecule has 3 heterocycles. The Hall–Kier alpha value is -3.87. The van der Waals surface area contributed by atoms with Gasteiger partial charge in [-0.25, -0.2) is 4.98 Å². The number of hydrogen-bond acceptors (Lipinski definition) is 4. The molecular weight excluding hydrogens is 507 g/mol. The number of rotatable bonds is 4. The number of piperidine rings is 1. The van der Waals surface area contributed by atoms with Crippen LogP contribution in [-0.2, 0) is 18.0 Å². The van der Waals surface area contributed by atoms with E-state index in [2.05, 4.69) is 17.2 Å². The normalized spacial score (nSPS) is 20.3. The number of nitrogens with one attached hydrogen (secondary N) is 1. The number of carbonyl (C=O) groups excluding carboxylic acids is 2. The summed E-state index contributed by atoms with van der Waals surface area (Å²) >= 11 is 0. The van der Waals surface area contributed by atoms with E-state index in [1.807, 2.05) is 11.0 Å². The molecule has 1 aromatic carbocycles. The lowest BCUT2D eigenvalue weighted by Gasteiger charge is -2.34. The minimum Gasteiger partial charge on any atom is -0.342 e. The second-order valence-corrected chi connectivity index (χ2v) is 10.7. The van der Waals surface area contributed by atoms with Crippen LogP contribution in [-0.4, -0.2) is 39.4 Å². The molecule has 2 unspecified atom stereocenters. The summed E-state index contributed by atoms with van der Waals surface area (Å²) in [5, 5.41) is 11.5. The fraction of sp³-hybridized carbons (Fsp3) is 0.448. The van der Waals surface area contributed by atoms with E-state index in [0.29, 0.717) is 37.4 Å². The van der Waals surface area contributed by atoms with Crippen molar-refractivity contribution >= 4 is 28.5 Å². The zero-order valence-electron chi connectivity index (χ0n) is 21.9. The topological polar surface area (TPSA) is 91.0 Å². The van der Waals surface area contributed by atoms with Crippen LogP contribution in [0.1, 0.15) is 72.0 Å². The number of nitrogens with zero attached hydrogens (tertiary/aromatic N) is 4. The molecule has 5 rings (SSSR count). The van der Waals surface area contributed by atoms with Crippen LogP contribution >= 0.6 is 0 Å². The van der Waals surface area contributed by atoms with E-state index in [0.717, 1.165) is 25.5 Å². The number of amides is 2. The zero-order chi connectivity index (χ0) is 27.9. The summed E-state index contributed by atoms with van der Waals surface area (Å²) in [6.45, 7) is 3.12. The number of anilines is 1. The first kappa shape index (κ1) is 26.7. The Morgan fingerprint density at radius 3 is 2.54 bits per heavy atom. The highest BCUT2D eigenvalue weighted by Gasteiger charge is 2.40. The number of aryl methyl sites for hydroxylation is 1. The van der Waals surface area contributed by atoms with Crippen LogP contribution in [0, 0.1) is 23.2 Å². The Kier molecular flexibility index (Phi) is 7.10. The molecule has 2 aromatic heterocycles. The number of halogens is 3. The average molecular weight is 538 g/mol. The number of pyridine rings is 1. The highest BCUT2D eigenvalue weighted by molar-refractivity contribution is 6.06. The van der Waals surface area contributed by atoms with E-state index in [1.165, 1.54) is 24.3 Å². The summed E-state index contributed by atoms with van der Waals surface area (Å²) in [6.07, 6.45) is 2.09. The van der Waals surface area contributed by atoms with E-state index in [4.69, 9.17) is 5.26 Å². The van der Waals surface area contributed by atoms with Crippen molar-refractivity contribution in [2.45, 2.75) is 51.1 Å². The van der Waals surface area contributed by atoms with Gasteiger partial charge in [0.25, 0.3) is 5.91 Å². The molecular formula is C29H30F3N5O2. The molecule has 1 saturated heterocycles. The van der Waals surface area contributed by atoms with Gasteiger partial charge in [0.15, 0.2) is 0 Å². The maximum Gasteiger partial charge on any atom is 0.419 e. The molecule has 10 heteroatoms. The van der Waals surface area contributed by atoms with Gasteiger partial charge in [-0.1, -0.05) is 19.4 Å². The first-order valence-corrected chi connectivity index (χ1v) is 13.2. The molecule has 2 fully saturated rings. The number of fused-ring (bicyclic) bond motifs is 1. The van der Waals surface area contributed by atoms with Crippen LogP contribution < -0.4 is 5.32 Å². The molecule has 2 aliphatic rings. The smallest absolute Gasteiger partial charge is 0.342 e. The summed E-state index contributed by atoms with van der Waals surface area (Å²) in [7, 11) is 1.66. The number of nitriles is 1. The molecule has 2 atom stereocenters. The summed E-state index contributed by atoms with van der Waals surface area (Å²) < 4.78 is 45.4. The summed E-state index contributed by atoms with van der Waals surface area (Å²) in [4.78, 5) is 32.1. The van der Waals surface area contributed by atoms with Crippen molar-refractivity contribution in [2.75, 3.05) is 18.4 Å². The SMILES string of the molecule is CC1CCCC1C(=O)N1CCC(c2cn(C)c3ncc(NC(=O)c4cccc(C#N)c4)c(C(F)(F)F)c23)CC1. The molecule has 0 bridgehead atoms. The van der Waals surface area contributed by atoms with Crippen molar-refractivity contribution in [2.24, 2.45) is 18.9 Å². The summed E-state index contributed by atoms with van der Waals surface area (Å²) in [5.41, 5.74) is -0.367. The first-order chi connectivity index (χ1) is 18.6. The van der Waals surface area contributed by atoms with Crippen molar-refractivity contribution in [1.29, 1.82) is 5.26 Å². The molecule has 1 saturated carbocycles. The lowest BCUT2D eigenvalue weighted by Crippen LogP contribution is -2.42. The fourth-order valence-electron chi connectivity index (χ4n) is 6.16. The molecule has 1 N–H and O–H groups in total. The summed E-state index contributed by atoms with van der Waals surface area (Å²) in [5.74, 6) is -0.367. The number of benzene rings is 1. The highest BCUT2D eigenvalue weighted by atomic mass is 19.4. The van der Waals surface area contributed by atoms with Crippen molar-refractivity contribution < 1.29 is 22.8 Å². The second-order valence-electron chi connectivity index (χ2n) is 10.7. The third-order valence-electron chi connectivity index (χ3n) is 8.23. The van der Waals surface area contributed by atoms with Crippen molar-refractivity contribution in [1.82, 2.24) is 14.5 Å². The van der Waals surface area contributed by atoms with E-state index < -0.39 is 23.3 Å². The maximum absolute atomic E-state index is 14.6. The van der Waals surface area contributed by atoms with Crippen LogP contribution in [0.5, 0.6) is 0 Å². The number of carbonyl (C=O) groups is 2. The van der Waals surface area contributed by atoms with E-state index in [-0.39, 0.29) is 39.9 Å². The van der Waals surface area contributed by atoms with E-state index in [9.17, 15) is 22.8 Å². The lowest BCUT2D eigenvalue weighted by molar-refractivity contribution is -0.137. The molecule has 0 spiro atoms. The molecule has 204 valence electrons. The quantitative estimate of drug-likeness (QED) is 0.452. The number of likely N-dealkylation sites (tertiary alicyclic amines) is 1. The molecule has 39 heavy (non-hydrogen) atoms. The lowest BCUT2D eigenvalue weighted by atomic mass is 9.87. The number of hydrogen-bond donors (Lipinski definition) is 1. The van der Waals surface area contributed by atoms with Gasteiger partial charge < -0.3 is 14.8 Å². The standard InChI is InChI=1S/C29H30F3N5O2/c1-17-5-3-8-21(17)28(39)37-11-9-19(10-12-37)22-16-36(2)26-24(22)25(29(30,31)32)23(15-34-26)35-27(38)20-7-4-6-18(13-20)14-33/h4,6-7,13,15-17,19,21H,3,5,8-12H2,1-2H3,(H,35,38). The monoisotopic (exact) mass is 537 g/mol. The van der Waals surface area contributed by atoms with Crippen molar-refractivity contribution in [3.05, 3.63) is 58.9 Å². The van der Waals surface area contributed by atoms with Gasteiger partial charge in [0, 0.05) is 43.2 Å². The molecule has 1 aliphatic carbocycles. The largest absolute Gasteiger partial charge is 0.419 e. The van der Waals surface area contributed by atoms with Crippen LogP contribution in [0.3, 0.4) is 0 Å². The van der Waals surface area contributed by atoms with Gasteiger partial charge in [0.2, 0.25) is 5.91 Å². The van der Waals surface area contributed by atoms with Gasteiger partial charge in [0.1, 0.15) is 5.65 Å². The van der Waals surface area contributed by atoms with Gasteiger partial charge in [-0.3, -0.25) is 9.59 Å². The predicted octanol–water partition coefficient (Wildman–Crippen LogP) is 5.86. The molecule has 2 amide bonds. The van der Waals surface area contributed by atoms with Gasteiger partial charge in [0.05, 0.1) is 29.1 Å². The third-order valence-corrected chi connectivity index (χ3v) is 8.23. The van der Waals surface area contributed by atoms with Gasteiger partial charge >= 0.3 is 6.18 Å². The molecule has 7 nitrogen and oxygen atoms in total. The second kappa shape index (κ2) is 10.4. The zero-order valence-corrected chi connectivity index (χ0v) is 21.9. The van der Waals surface area contributed by atoms with Crippen LogP contribution in [0.2, 0.25) is 0 Å². The minimum absolute atomic E-state index is 0.0252.